The van der Waals surface area contributed by atoms with Crippen molar-refractivity contribution in [3.05, 3.63) is 12.2 Å². The second-order valence-electron chi connectivity index (χ2n) is 23.9. The number of rotatable bonds is 60. The first kappa shape index (κ1) is 74.4. The zero-order valence-corrected chi connectivity index (χ0v) is 51.2. The lowest BCUT2D eigenvalue weighted by Gasteiger charge is -2.40. The summed E-state index contributed by atoms with van der Waals surface area (Å²) in [4.78, 5) is 25.1. The molecule has 0 spiro atoms. The number of allylic oxidation sites excluding steroid dienone is 1. The van der Waals surface area contributed by atoms with Crippen LogP contribution < -0.4 is 5.32 Å². The molecule has 0 bridgehead atoms. The monoisotopic (exact) mass is 1110 g/mol. The first-order chi connectivity index (χ1) is 38.2. The van der Waals surface area contributed by atoms with Crippen molar-refractivity contribution in [3.63, 3.8) is 0 Å². The van der Waals surface area contributed by atoms with Gasteiger partial charge in [-0.15, -0.1) is 0 Å². The largest absolute Gasteiger partial charge is 0.466 e. The lowest BCUT2D eigenvalue weighted by atomic mass is 9.99. The van der Waals surface area contributed by atoms with Crippen LogP contribution in [0, 0.1) is 0 Å². The number of nitrogens with one attached hydrogen (secondary N) is 1. The van der Waals surface area contributed by atoms with Gasteiger partial charge in [-0.1, -0.05) is 309 Å². The van der Waals surface area contributed by atoms with Crippen LogP contribution in [0.2, 0.25) is 0 Å². The van der Waals surface area contributed by atoms with Gasteiger partial charge in [-0.2, -0.15) is 0 Å². The average Bonchev–Trinajstić information content (AvgIpc) is 3.44. The minimum absolute atomic E-state index is 0.00635. The van der Waals surface area contributed by atoms with Crippen LogP contribution in [0.5, 0.6) is 0 Å². The number of hydrogen-bond acceptors (Lipinski definition) is 10. The summed E-state index contributed by atoms with van der Waals surface area (Å²) in [6.07, 6.45) is 59.2. The Hall–Kier alpha value is -1.60. The molecule has 0 radical (unpaired) electrons. The molecule has 0 aromatic heterocycles. The summed E-state index contributed by atoms with van der Waals surface area (Å²) in [5.41, 5.74) is 0. The Morgan fingerprint density at radius 3 is 1.19 bits per heavy atom. The van der Waals surface area contributed by atoms with Crippen LogP contribution in [0.4, 0.5) is 0 Å². The highest BCUT2D eigenvalue weighted by atomic mass is 16.7. The Balaban J connectivity index is 1.93. The van der Waals surface area contributed by atoms with Crippen LogP contribution >= 0.6 is 0 Å². The first-order valence-electron chi connectivity index (χ1n) is 34.0. The van der Waals surface area contributed by atoms with Gasteiger partial charge in [0.2, 0.25) is 5.91 Å². The van der Waals surface area contributed by atoms with E-state index in [0.717, 1.165) is 57.8 Å². The summed E-state index contributed by atoms with van der Waals surface area (Å²) in [5.74, 6) is -0.176. The van der Waals surface area contributed by atoms with E-state index < -0.39 is 49.5 Å². The van der Waals surface area contributed by atoms with Gasteiger partial charge in [0.1, 0.15) is 24.4 Å². The standard InChI is InChI=1S/C67H129NO10/c1-3-5-7-9-11-13-14-15-16-17-22-26-29-32-35-39-43-47-51-55-63(72)76-56-52-48-44-40-36-33-30-27-24-21-19-18-20-23-25-28-31-34-38-42-46-50-54-62(71)68-59(60(70)53-49-45-41-37-12-10-8-6-4-2)58-77-67-66(75)65(74)64(73)61(57-69)78-67/h49,53,59-61,64-67,69-70,73-75H,3-48,50-52,54-58H2,1-2H3,(H,68,71)/b53-49+. The fraction of sp³-hybridized carbons (Fsp3) is 0.940. The van der Waals surface area contributed by atoms with Crippen molar-refractivity contribution in [2.75, 3.05) is 19.8 Å². The molecule has 0 aromatic rings. The van der Waals surface area contributed by atoms with Gasteiger partial charge < -0.3 is 45.1 Å². The summed E-state index contributed by atoms with van der Waals surface area (Å²) >= 11 is 0. The Morgan fingerprint density at radius 2 is 0.808 bits per heavy atom. The number of esters is 1. The minimum Gasteiger partial charge on any atom is -0.466 e. The molecule has 7 atom stereocenters. The SMILES string of the molecule is CCCCCCCCC/C=C/C(O)C(COC1OC(CO)C(O)C(O)C1O)NC(=O)CCCCCCCCCCCCCCCCCCCCCCCCOC(=O)CCCCCCCCCCCCCCCCCCCCC. The number of unbranched alkanes of at least 4 members (excludes halogenated alkanes) is 46. The Labute approximate surface area is 480 Å². The molecule has 0 aromatic carbocycles. The maximum absolute atomic E-state index is 13.0. The molecule has 0 saturated carbocycles. The normalized spacial score (nSPS) is 18.5. The molecule has 1 saturated heterocycles. The van der Waals surface area contributed by atoms with Crippen molar-refractivity contribution in [1.82, 2.24) is 5.32 Å². The molecule has 1 heterocycles. The molecule has 0 aliphatic carbocycles. The number of aliphatic hydroxyl groups is 5. The van der Waals surface area contributed by atoms with Crippen molar-refractivity contribution < 1.29 is 49.3 Å². The predicted octanol–water partition coefficient (Wildman–Crippen LogP) is 16.7. The summed E-state index contributed by atoms with van der Waals surface area (Å²) in [5, 5.41) is 54.3. The van der Waals surface area contributed by atoms with Gasteiger partial charge in [-0.3, -0.25) is 9.59 Å². The van der Waals surface area contributed by atoms with Gasteiger partial charge >= 0.3 is 5.97 Å². The third-order valence-electron chi connectivity index (χ3n) is 16.4. The number of amides is 1. The number of ether oxygens (including phenoxy) is 3. The van der Waals surface area contributed by atoms with E-state index in [4.69, 9.17) is 14.2 Å². The van der Waals surface area contributed by atoms with Gasteiger partial charge in [-0.25, -0.2) is 0 Å². The molecular formula is C67H129NO10. The van der Waals surface area contributed by atoms with Crippen LogP contribution in [-0.2, 0) is 23.8 Å². The van der Waals surface area contributed by atoms with Crippen LogP contribution in [0.15, 0.2) is 12.2 Å². The van der Waals surface area contributed by atoms with E-state index in [1.165, 1.54) is 257 Å². The number of carbonyl (C=O) groups excluding carboxylic acids is 2. The van der Waals surface area contributed by atoms with Crippen molar-refractivity contribution in [3.8, 4) is 0 Å². The summed E-state index contributed by atoms with van der Waals surface area (Å²) < 4.78 is 16.7. The molecule has 1 amide bonds. The Morgan fingerprint density at radius 1 is 0.462 bits per heavy atom. The zero-order chi connectivity index (χ0) is 56.6. The van der Waals surface area contributed by atoms with E-state index in [9.17, 15) is 35.1 Å². The number of carbonyl (C=O) groups is 2. The van der Waals surface area contributed by atoms with Crippen LogP contribution in [-0.4, -0.2) is 100 Å². The lowest BCUT2D eigenvalue weighted by molar-refractivity contribution is -0.302. The highest BCUT2D eigenvalue weighted by molar-refractivity contribution is 5.76. The lowest BCUT2D eigenvalue weighted by Crippen LogP contribution is -2.60. The van der Waals surface area contributed by atoms with Gasteiger partial charge in [0.25, 0.3) is 0 Å². The molecule has 1 aliphatic heterocycles. The molecule has 78 heavy (non-hydrogen) atoms. The minimum atomic E-state index is -1.57. The van der Waals surface area contributed by atoms with E-state index >= 15 is 0 Å². The third-order valence-corrected chi connectivity index (χ3v) is 16.4. The molecule has 1 fully saturated rings. The predicted molar refractivity (Wildman–Crippen MR) is 325 cm³/mol. The summed E-state index contributed by atoms with van der Waals surface area (Å²) in [7, 11) is 0. The first-order valence-corrected chi connectivity index (χ1v) is 34.0. The molecule has 6 N–H and O–H groups in total. The molecule has 462 valence electrons. The van der Waals surface area contributed by atoms with E-state index in [2.05, 4.69) is 19.2 Å². The maximum Gasteiger partial charge on any atom is 0.305 e. The number of aliphatic hydroxyl groups excluding tert-OH is 5. The van der Waals surface area contributed by atoms with Crippen LogP contribution in [0.1, 0.15) is 341 Å². The number of hydrogen-bond donors (Lipinski definition) is 6. The maximum atomic E-state index is 13.0. The highest BCUT2D eigenvalue weighted by Crippen LogP contribution is 2.23. The van der Waals surface area contributed by atoms with Crippen molar-refractivity contribution in [2.24, 2.45) is 0 Å². The Bertz CT molecular complexity index is 1300. The van der Waals surface area contributed by atoms with Crippen molar-refractivity contribution >= 4 is 11.9 Å². The van der Waals surface area contributed by atoms with E-state index in [-0.39, 0.29) is 18.5 Å². The van der Waals surface area contributed by atoms with Crippen molar-refractivity contribution in [1.29, 1.82) is 0 Å². The highest BCUT2D eigenvalue weighted by Gasteiger charge is 2.44. The fourth-order valence-electron chi connectivity index (χ4n) is 11.0. The Kier molecular flexibility index (Phi) is 54.6. The fourth-order valence-corrected chi connectivity index (χ4v) is 11.0. The zero-order valence-electron chi connectivity index (χ0n) is 51.2. The quantitative estimate of drug-likeness (QED) is 0.0195. The van der Waals surface area contributed by atoms with E-state index in [0.29, 0.717) is 19.4 Å². The van der Waals surface area contributed by atoms with E-state index in [1.807, 2.05) is 6.08 Å². The smallest absolute Gasteiger partial charge is 0.305 e. The molecule has 11 nitrogen and oxygen atoms in total. The molecule has 1 rings (SSSR count). The summed E-state index contributed by atoms with van der Waals surface area (Å²) in [6.45, 7) is 4.35. The van der Waals surface area contributed by atoms with Gasteiger partial charge in [0.15, 0.2) is 6.29 Å². The second-order valence-corrected chi connectivity index (χ2v) is 23.9. The van der Waals surface area contributed by atoms with Crippen LogP contribution in [0.3, 0.4) is 0 Å². The molecule has 7 unspecified atom stereocenters. The third kappa shape index (κ3) is 45.9. The second kappa shape index (κ2) is 57.2. The van der Waals surface area contributed by atoms with E-state index in [1.54, 1.807) is 6.08 Å². The van der Waals surface area contributed by atoms with Gasteiger partial charge in [0, 0.05) is 12.8 Å². The molecular weight excluding hydrogens is 979 g/mol. The van der Waals surface area contributed by atoms with Crippen LogP contribution in [0.25, 0.3) is 0 Å². The topological polar surface area (TPSA) is 175 Å². The van der Waals surface area contributed by atoms with Gasteiger partial charge in [-0.05, 0) is 32.1 Å². The van der Waals surface area contributed by atoms with Gasteiger partial charge in [0.05, 0.1) is 32.0 Å². The molecule has 11 heteroatoms. The van der Waals surface area contributed by atoms with Crippen molar-refractivity contribution in [2.45, 2.75) is 384 Å². The molecule has 1 aliphatic rings. The summed E-state index contributed by atoms with van der Waals surface area (Å²) in [6, 6.07) is -0.808. The average molecular weight is 1110 g/mol.